The molecule has 98 valence electrons. The smallest absolute Gasteiger partial charge is 0.409 e. The number of hydrogen-bond donors (Lipinski definition) is 2. The van der Waals surface area contributed by atoms with E-state index in [9.17, 15) is 14.7 Å². The van der Waals surface area contributed by atoms with Gasteiger partial charge in [0.25, 0.3) is 0 Å². The summed E-state index contributed by atoms with van der Waals surface area (Å²) in [6.45, 7) is 2.82. The second kappa shape index (κ2) is 5.86. The maximum atomic E-state index is 11.5. The van der Waals surface area contributed by atoms with Crippen LogP contribution < -0.4 is 0 Å². The van der Waals surface area contributed by atoms with Crippen molar-refractivity contribution in [3.05, 3.63) is 0 Å². The van der Waals surface area contributed by atoms with Crippen LogP contribution in [0, 0.1) is 0 Å². The van der Waals surface area contributed by atoms with Crippen LogP contribution in [0.25, 0.3) is 0 Å². The maximum absolute atomic E-state index is 11.5. The molecule has 0 aliphatic carbocycles. The molecule has 0 aromatic heterocycles. The Bertz CT molecular complexity index is 284. The third kappa shape index (κ3) is 3.59. The fourth-order valence-corrected chi connectivity index (χ4v) is 1.67. The largest absolute Gasteiger partial charge is 0.479 e. The number of amides is 1. The Morgan fingerprint density at radius 2 is 1.94 bits per heavy atom. The third-order valence-corrected chi connectivity index (χ3v) is 2.97. The van der Waals surface area contributed by atoms with E-state index < -0.39 is 17.7 Å². The monoisotopic (exact) mass is 245 g/mol. The molecule has 0 atom stereocenters. The molecule has 1 fully saturated rings. The normalized spacial score (nSPS) is 18.8. The number of unbranched alkanes of at least 4 members (excludes halogenated alkanes) is 1. The van der Waals surface area contributed by atoms with E-state index in [2.05, 4.69) is 0 Å². The van der Waals surface area contributed by atoms with Crippen molar-refractivity contribution in [3.63, 3.8) is 0 Å². The number of aliphatic hydroxyl groups is 1. The Balaban J connectivity index is 2.36. The van der Waals surface area contributed by atoms with E-state index in [1.165, 1.54) is 4.90 Å². The first-order chi connectivity index (χ1) is 7.99. The zero-order valence-electron chi connectivity index (χ0n) is 10.0. The lowest BCUT2D eigenvalue weighted by molar-refractivity contribution is -0.163. The molecule has 1 saturated heterocycles. The number of nitrogens with zero attached hydrogens (tertiary/aromatic N) is 1. The number of rotatable bonds is 4. The predicted octanol–water partition coefficient (Wildman–Crippen LogP) is 0.835. The van der Waals surface area contributed by atoms with Crippen LogP contribution in [0.2, 0.25) is 0 Å². The summed E-state index contributed by atoms with van der Waals surface area (Å²) in [5.41, 5.74) is -1.69. The lowest BCUT2D eigenvalue weighted by atomic mass is 9.92. The topological polar surface area (TPSA) is 87.1 Å². The molecule has 0 unspecified atom stereocenters. The molecule has 0 bridgehead atoms. The number of likely N-dealkylation sites (tertiary alicyclic amines) is 1. The highest BCUT2D eigenvalue weighted by atomic mass is 16.6. The first-order valence-electron chi connectivity index (χ1n) is 5.87. The number of carboxylic acids is 1. The molecular formula is C11H19NO5. The quantitative estimate of drug-likeness (QED) is 0.716. The zero-order valence-corrected chi connectivity index (χ0v) is 10.0. The minimum atomic E-state index is -1.69. The van der Waals surface area contributed by atoms with E-state index in [0.29, 0.717) is 6.61 Å². The number of piperidine rings is 1. The highest BCUT2D eigenvalue weighted by Crippen LogP contribution is 2.22. The van der Waals surface area contributed by atoms with Crippen LogP contribution in [-0.2, 0) is 9.53 Å². The van der Waals surface area contributed by atoms with Crippen molar-refractivity contribution in [1.82, 2.24) is 4.90 Å². The molecule has 6 heteroatoms. The first kappa shape index (κ1) is 13.8. The Morgan fingerprint density at radius 3 is 2.41 bits per heavy atom. The maximum Gasteiger partial charge on any atom is 0.409 e. The van der Waals surface area contributed by atoms with Gasteiger partial charge in [0.15, 0.2) is 5.60 Å². The van der Waals surface area contributed by atoms with Gasteiger partial charge in [0.2, 0.25) is 0 Å². The van der Waals surface area contributed by atoms with Crippen molar-refractivity contribution in [2.45, 2.75) is 38.2 Å². The third-order valence-electron chi connectivity index (χ3n) is 2.97. The van der Waals surface area contributed by atoms with Crippen LogP contribution >= 0.6 is 0 Å². The number of carbonyl (C=O) groups excluding carboxylic acids is 1. The van der Waals surface area contributed by atoms with E-state index in [4.69, 9.17) is 9.84 Å². The molecule has 0 saturated carbocycles. The standard InChI is InChI=1S/C11H19NO5/c1-2-3-8-17-10(15)12-6-4-11(16,5-7-12)9(13)14/h16H,2-8H2,1H3,(H,13,14). The van der Waals surface area contributed by atoms with E-state index in [1.54, 1.807) is 0 Å². The number of carboxylic acid groups (broad SMARTS) is 1. The Hall–Kier alpha value is -1.30. The minimum Gasteiger partial charge on any atom is -0.479 e. The van der Waals surface area contributed by atoms with Crippen LogP contribution in [0.1, 0.15) is 32.6 Å². The summed E-state index contributed by atoms with van der Waals surface area (Å²) in [7, 11) is 0. The summed E-state index contributed by atoms with van der Waals surface area (Å²) in [5, 5.41) is 18.5. The Morgan fingerprint density at radius 1 is 1.35 bits per heavy atom. The molecule has 0 spiro atoms. The van der Waals surface area contributed by atoms with Crippen LogP contribution in [0.4, 0.5) is 4.79 Å². The first-order valence-corrected chi connectivity index (χ1v) is 5.87. The second-order valence-electron chi connectivity index (χ2n) is 4.29. The predicted molar refractivity (Wildman–Crippen MR) is 59.6 cm³/mol. The van der Waals surface area contributed by atoms with E-state index in [0.717, 1.165) is 12.8 Å². The van der Waals surface area contributed by atoms with Crippen LogP contribution in [0.15, 0.2) is 0 Å². The molecule has 1 rings (SSSR count). The van der Waals surface area contributed by atoms with E-state index in [1.807, 2.05) is 6.92 Å². The van der Waals surface area contributed by atoms with E-state index >= 15 is 0 Å². The summed E-state index contributed by atoms with van der Waals surface area (Å²) in [4.78, 5) is 23.7. The van der Waals surface area contributed by atoms with E-state index in [-0.39, 0.29) is 25.9 Å². The van der Waals surface area contributed by atoms with Crippen LogP contribution in [0.3, 0.4) is 0 Å². The Kier molecular flexibility index (Phi) is 4.74. The molecule has 0 radical (unpaired) electrons. The van der Waals surface area contributed by atoms with Gasteiger partial charge in [0.1, 0.15) is 0 Å². The van der Waals surface area contributed by atoms with Gasteiger partial charge >= 0.3 is 12.1 Å². The summed E-state index contributed by atoms with van der Waals surface area (Å²) in [6.07, 6.45) is 1.44. The second-order valence-corrected chi connectivity index (χ2v) is 4.29. The molecule has 1 aliphatic rings. The van der Waals surface area contributed by atoms with Gasteiger partial charge in [-0.3, -0.25) is 0 Å². The van der Waals surface area contributed by atoms with Crippen molar-refractivity contribution < 1.29 is 24.5 Å². The molecule has 17 heavy (non-hydrogen) atoms. The highest BCUT2D eigenvalue weighted by molar-refractivity contribution is 5.77. The van der Waals surface area contributed by atoms with Crippen molar-refractivity contribution in [3.8, 4) is 0 Å². The summed E-state index contributed by atoms with van der Waals surface area (Å²) < 4.78 is 5.01. The fraction of sp³-hybridized carbons (Fsp3) is 0.818. The minimum absolute atomic E-state index is 0.0468. The highest BCUT2D eigenvalue weighted by Gasteiger charge is 2.40. The van der Waals surface area contributed by atoms with Crippen LogP contribution in [-0.4, -0.2) is 52.5 Å². The summed E-state index contributed by atoms with van der Waals surface area (Å²) in [6, 6.07) is 0. The van der Waals surface area contributed by atoms with Gasteiger partial charge in [-0.15, -0.1) is 0 Å². The van der Waals surface area contributed by atoms with Gasteiger partial charge in [0, 0.05) is 25.9 Å². The van der Waals surface area contributed by atoms with Gasteiger partial charge in [0.05, 0.1) is 6.61 Å². The SMILES string of the molecule is CCCCOC(=O)N1CCC(O)(C(=O)O)CC1. The number of aliphatic carboxylic acids is 1. The van der Waals surface area contributed by atoms with Gasteiger partial charge < -0.3 is 19.8 Å². The lowest BCUT2D eigenvalue weighted by Crippen LogP contribution is -2.51. The Labute approximate surface area is 100 Å². The van der Waals surface area contributed by atoms with Crippen molar-refractivity contribution in [1.29, 1.82) is 0 Å². The van der Waals surface area contributed by atoms with Crippen LogP contribution in [0.5, 0.6) is 0 Å². The molecule has 1 heterocycles. The summed E-state index contributed by atoms with van der Waals surface area (Å²) in [5.74, 6) is -1.23. The fourth-order valence-electron chi connectivity index (χ4n) is 1.67. The van der Waals surface area contributed by atoms with Gasteiger partial charge in [-0.2, -0.15) is 0 Å². The van der Waals surface area contributed by atoms with Gasteiger partial charge in [-0.05, 0) is 6.42 Å². The average molecular weight is 245 g/mol. The molecule has 0 aromatic carbocycles. The lowest BCUT2D eigenvalue weighted by Gasteiger charge is -2.34. The molecular weight excluding hydrogens is 226 g/mol. The molecule has 2 N–H and O–H groups in total. The number of hydrogen-bond acceptors (Lipinski definition) is 4. The van der Waals surface area contributed by atoms with Crippen molar-refractivity contribution >= 4 is 12.1 Å². The zero-order chi connectivity index (χ0) is 12.9. The van der Waals surface area contributed by atoms with Gasteiger partial charge in [-0.1, -0.05) is 13.3 Å². The molecule has 6 nitrogen and oxygen atoms in total. The van der Waals surface area contributed by atoms with Gasteiger partial charge in [-0.25, -0.2) is 9.59 Å². The average Bonchev–Trinajstić information content (AvgIpc) is 2.30. The number of ether oxygens (including phenoxy) is 1. The molecule has 0 aromatic rings. The van der Waals surface area contributed by atoms with Crippen molar-refractivity contribution in [2.75, 3.05) is 19.7 Å². The molecule has 1 amide bonds. The number of carbonyl (C=O) groups is 2. The molecule has 1 aliphatic heterocycles. The summed E-state index contributed by atoms with van der Waals surface area (Å²) >= 11 is 0. The van der Waals surface area contributed by atoms with Crippen molar-refractivity contribution in [2.24, 2.45) is 0 Å².